The maximum Gasteiger partial charge on any atom is 0.0912 e. The van der Waals surface area contributed by atoms with Crippen molar-refractivity contribution in [3.8, 4) is 6.07 Å². The van der Waals surface area contributed by atoms with Gasteiger partial charge in [0.1, 0.15) is 0 Å². The summed E-state index contributed by atoms with van der Waals surface area (Å²) in [7, 11) is 0. The Bertz CT molecular complexity index is 310. The highest BCUT2D eigenvalue weighted by Gasteiger charge is 1.91. The molecule has 0 radical (unpaired) electrons. The van der Waals surface area contributed by atoms with Gasteiger partial charge in [0.15, 0.2) is 0 Å². The summed E-state index contributed by atoms with van der Waals surface area (Å²) >= 11 is 5.80. The predicted molar refractivity (Wildman–Crippen MR) is 46.1 cm³/mol. The van der Waals surface area contributed by atoms with Crippen molar-refractivity contribution in [3.63, 3.8) is 0 Å². The first-order valence-corrected chi connectivity index (χ1v) is 3.53. The molecule has 1 aromatic carbocycles. The Balaban J connectivity index is 2.97. The number of nitrogens with zero attached hydrogens (tertiary/aromatic N) is 1. The number of allylic oxidation sites excluding steroid dienone is 1. The van der Waals surface area contributed by atoms with Crippen LogP contribution in [0.4, 0.5) is 0 Å². The molecule has 0 saturated heterocycles. The minimum absolute atomic E-state index is 0.666. The normalized spacial score (nSPS) is 9.82. The zero-order chi connectivity index (χ0) is 8.10. The molecule has 0 heterocycles. The molecule has 0 atom stereocenters. The summed E-state index contributed by atoms with van der Waals surface area (Å²) < 4.78 is 0. The number of rotatable bonds is 1. The molecule has 0 aliphatic carbocycles. The molecule has 0 aromatic heterocycles. The van der Waals surface area contributed by atoms with Crippen LogP contribution < -0.4 is 0 Å². The minimum atomic E-state index is 0.666. The van der Waals surface area contributed by atoms with E-state index in [1.165, 1.54) is 6.08 Å². The van der Waals surface area contributed by atoms with Gasteiger partial charge in [-0.3, -0.25) is 0 Å². The van der Waals surface area contributed by atoms with Crippen molar-refractivity contribution in [2.24, 2.45) is 0 Å². The van der Waals surface area contributed by atoms with E-state index in [-0.39, 0.29) is 0 Å². The molecule has 0 aliphatic rings. The second kappa shape index (κ2) is 3.80. The molecule has 0 spiro atoms. The molecule has 0 fully saturated rings. The molecule has 0 aliphatic heterocycles. The standard InChI is InChI=1S/C9H6ClN/c10-9-6-2-1-4-8(9)5-3-7-11/h1-6H. The molecule has 1 aromatic rings. The highest BCUT2D eigenvalue weighted by atomic mass is 35.5. The predicted octanol–water partition coefficient (Wildman–Crippen LogP) is 2.88. The summed E-state index contributed by atoms with van der Waals surface area (Å²) in [6.07, 6.45) is 3.09. The average Bonchev–Trinajstić information content (AvgIpc) is 2.03. The third-order valence-corrected chi connectivity index (χ3v) is 1.59. The van der Waals surface area contributed by atoms with E-state index in [4.69, 9.17) is 16.9 Å². The quantitative estimate of drug-likeness (QED) is 0.584. The summed E-state index contributed by atoms with van der Waals surface area (Å²) in [6, 6.07) is 9.28. The average molecular weight is 164 g/mol. The van der Waals surface area contributed by atoms with Gasteiger partial charge in [-0.15, -0.1) is 0 Å². The van der Waals surface area contributed by atoms with Gasteiger partial charge in [-0.1, -0.05) is 29.8 Å². The van der Waals surface area contributed by atoms with E-state index in [9.17, 15) is 0 Å². The number of benzene rings is 1. The van der Waals surface area contributed by atoms with Gasteiger partial charge < -0.3 is 0 Å². The molecule has 0 unspecified atom stereocenters. The van der Waals surface area contributed by atoms with Crippen molar-refractivity contribution >= 4 is 17.7 Å². The van der Waals surface area contributed by atoms with Crippen molar-refractivity contribution in [2.45, 2.75) is 0 Å². The first-order chi connectivity index (χ1) is 5.34. The lowest BCUT2D eigenvalue weighted by atomic mass is 10.2. The van der Waals surface area contributed by atoms with E-state index < -0.39 is 0 Å². The fourth-order valence-electron chi connectivity index (χ4n) is 0.737. The maximum atomic E-state index is 8.24. The van der Waals surface area contributed by atoms with Gasteiger partial charge in [0, 0.05) is 11.1 Å². The van der Waals surface area contributed by atoms with Crippen LogP contribution in [-0.2, 0) is 0 Å². The van der Waals surface area contributed by atoms with Crippen LogP contribution in [0.1, 0.15) is 5.56 Å². The fraction of sp³-hybridized carbons (Fsp3) is 0. The largest absolute Gasteiger partial charge is 0.193 e. The monoisotopic (exact) mass is 163 g/mol. The first-order valence-electron chi connectivity index (χ1n) is 3.15. The van der Waals surface area contributed by atoms with Crippen molar-refractivity contribution < 1.29 is 0 Å². The van der Waals surface area contributed by atoms with Crippen LogP contribution in [-0.4, -0.2) is 0 Å². The third kappa shape index (κ3) is 2.10. The van der Waals surface area contributed by atoms with Crippen LogP contribution >= 0.6 is 11.6 Å². The van der Waals surface area contributed by atoms with E-state index in [2.05, 4.69) is 0 Å². The highest BCUT2D eigenvalue weighted by molar-refractivity contribution is 6.32. The van der Waals surface area contributed by atoms with Gasteiger partial charge in [-0.25, -0.2) is 0 Å². The second-order valence-electron chi connectivity index (χ2n) is 1.98. The second-order valence-corrected chi connectivity index (χ2v) is 2.39. The van der Waals surface area contributed by atoms with Gasteiger partial charge >= 0.3 is 0 Å². The fourth-order valence-corrected chi connectivity index (χ4v) is 0.936. The van der Waals surface area contributed by atoms with Crippen LogP contribution in [0, 0.1) is 11.3 Å². The Morgan fingerprint density at radius 2 is 2.09 bits per heavy atom. The maximum absolute atomic E-state index is 8.24. The van der Waals surface area contributed by atoms with Crippen LogP contribution in [0.2, 0.25) is 5.02 Å². The molecule has 2 heteroatoms. The molecular formula is C9H6ClN. The van der Waals surface area contributed by atoms with E-state index in [1.807, 2.05) is 24.3 Å². The van der Waals surface area contributed by atoms with Gasteiger partial charge in [-0.2, -0.15) is 5.26 Å². The lowest BCUT2D eigenvalue weighted by Gasteiger charge is -1.93. The smallest absolute Gasteiger partial charge is 0.0912 e. The molecule has 11 heavy (non-hydrogen) atoms. The zero-order valence-corrected chi connectivity index (χ0v) is 6.55. The lowest BCUT2D eigenvalue weighted by molar-refractivity contribution is 1.54. The van der Waals surface area contributed by atoms with Crippen LogP contribution in [0.15, 0.2) is 30.3 Å². The van der Waals surface area contributed by atoms with Crippen molar-refractivity contribution in [2.75, 3.05) is 0 Å². The third-order valence-electron chi connectivity index (χ3n) is 1.24. The van der Waals surface area contributed by atoms with Gasteiger partial charge in [0.25, 0.3) is 0 Å². The Labute approximate surface area is 70.5 Å². The first kappa shape index (κ1) is 7.84. The summed E-state index contributed by atoms with van der Waals surface area (Å²) in [5.41, 5.74) is 0.871. The van der Waals surface area contributed by atoms with E-state index in [0.29, 0.717) is 5.02 Å². The Morgan fingerprint density at radius 3 is 2.73 bits per heavy atom. The summed E-state index contributed by atoms with van der Waals surface area (Å²) in [5, 5.41) is 8.90. The van der Waals surface area contributed by atoms with E-state index in [0.717, 1.165) is 5.56 Å². The number of hydrogen-bond donors (Lipinski definition) is 0. The van der Waals surface area contributed by atoms with Gasteiger partial charge in [0.05, 0.1) is 6.07 Å². The van der Waals surface area contributed by atoms with Crippen LogP contribution in [0.3, 0.4) is 0 Å². The van der Waals surface area contributed by atoms with Gasteiger partial charge in [-0.05, 0) is 17.7 Å². The van der Waals surface area contributed by atoms with Crippen molar-refractivity contribution in [3.05, 3.63) is 40.9 Å². The Morgan fingerprint density at radius 1 is 1.36 bits per heavy atom. The van der Waals surface area contributed by atoms with Crippen LogP contribution in [0.25, 0.3) is 6.08 Å². The Kier molecular flexibility index (Phi) is 2.71. The number of hydrogen-bond acceptors (Lipinski definition) is 1. The molecule has 0 amide bonds. The number of nitriles is 1. The molecule has 1 nitrogen and oxygen atoms in total. The topological polar surface area (TPSA) is 23.8 Å². The molecular weight excluding hydrogens is 158 g/mol. The lowest BCUT2D eigenvalue weighted by Crippen LogP contribution is -1.71. The summed E-state index contributed by atoms with van der Waals surface area (Å²) in [6.45, 7) is 0. The minimum Gasteiger partial charge on any atom is -0.193 e. The SMILES string of the molecule is N#CC=Cc1ccccc1Cl. The number of halogens is 1. The molecule has 0 saturated carbocycles. The summed E-state index contributed by atoms with van der Waals surface area (Å²) in [5.74, 6) is 0. The molecule has 54 valence electrons. The molecule has 0 bridgehead atoms. The molecule has 0 N–H and O–H groups in total. The Hall–Kier alpha value is -1.26. The molecule has 1 rings (SSSR count). The summed E-state index contributed by atoms with van der Waals surface area (Å²) in [4.78, 5) is 0. The van der Waals surface area contributed by atoms with E-state index in [1.54, 1.807) is 12.1 Å². The van der Waals surface area contributed by atoms with Crippen LogP contribution in [0.5, 0.6) is 0 Å². The van der Waals surface area contributed by atoms with Crippen molar-refractivity contribution in [1.82, 2.24) is 0 Å². The van der Waals surface area contributed by atoms with E-state index >= 15 is 0 Å². The van der Waals surface area contributed by atoms with Crippen molar-refractivity contribution in [1.29, 1.82) is 5.26 Å². The highest BCUT2D eigenvalue weighted by Crippen LogP contribution is 2.15. The zero-order valence-electron chi connectivity index (χ0n) is 5.79. The van der Waals surface area contributed by atoms with Gasteiger partial charge in [0.2, 0.25) is 0 Å².